The van der Waals surface area contributed by atoms with Crippen LogP contribution in [0.4, 0.5) is 0 Å². The zero-order valence-corrected chi connectivity index (χ0v) is 18.1. The summed E-state index contributed by atoms with van der Waals surface area (Å²) in [5, 5.41) is 6.88. The predicted molar refractivity (Wildman–Crippen MR) is 115 cm³/mol. The molecule has 2 fully saturated rings. The van der Waals surface area contributed by atoms with Crippen molar-refractivity contribution in [3.63, 3.8) is 0 Å². The maximum Gasteiger partial charge on any atom is 0.191 e. The number of guanidine groups is 1. The lowest BCUT2D eigenvalue weighted by molar-refractivity contribution is 0.214. The molecule has 24 heavy (non-hydrogen) atoms. The number of likely N-dealkylation sites (tertiary alicyclic amines) is 2. The summed E-state index contributed by atoms with van der Waals surface area (Å²) in [5.74, 6) is 1.86. The maximum absolute atomic E-state index is 4.77. The standard InChI is InChI=1S/C18H37N5.HI/c1-3-19-18(21-11-16-23-12-5-4-6-13-23)20-10-7-17-8-14-22(2)15-9-17;/h17H,3-16H2,1-2H3,(H2,19,20,21);1H. The largest absolute Gasteiger partial charge is 0.357 e. The molecule has 0 radical (unpaired) electrons. The summed E-state index contributed by atoms with van der Waals surface area (Å²) < 4.78 is 0. The summed E-state index contributed by atoms with van der Waals surface area (Å²) in [4.78, 5) is 9.78. The molecule has 0 atom stereocenters. The van der Waals surface area contributed by atoms with E-state index in [0.29, 0.717) is 0 Å². The smallest absolute Gasteiger partial charge is 0.191 e. The molecule has 2 aliphatic rings. The molecule has 5 nitrogen and oxygen atoms in total. The minimum Gasteiger partial charge on any atom is -0.357 e. The number of nitrogens with zero attached hydrogens (tertiary/aromatic N) is 3. The average molecular weight is 451 g/mol. The first-order valence-corrected chi connectivity index (χ1v) is 9.71. The first kappa shape index (κ1) is 22.0. The second-order valence-electron chi connectivity index (χ2n) is 7.13. The van der Waals surface area contributed by atoms with Gasteiger partial charge in [-0.05, 0) is 78.2 Å². The van der Waals surface area contributed by atoms with Crippen molar-refractivity contribution in [1.82, 2.24) is 20.4 Å². The molecule has 0 aliphatic carbocycles. The molecule has 6 heteroatoms. The number of nitrogens with one attached hydrogen (secondary N) is 2. The average Bonchev–Trinajstić information content (AvgIpc) is 2.58. The van der Waals surface area contributed by atoms with Gasteiger partial charge < -0.3 is 20.4 Å². The van der Waals surface area contributed by atoms with Gasteiger partial charge in [0.15, 0.2) is 5.96 Å². The van der Waals surface area contributed by atoms with Crippen LogP contribution >= 0.6 is 24.0 Å². The van der Waals surface area contributed by atoms with Crippen LogP contribution < -0.4 is 10.6 Å². The Labute approximate surface area is 166 Å². The van der Waals surface area contributed by atoms with Crippen LogP contribution in [-0.4, -0.2) is 75.2 Å². The van der Waals surface area contributed by atoms with Crippen LogP contribution in [0.1, 0.15) is 45.4 Å². The van der Waals surface area contributed by atoms with E-state index in [1.54, 1.807) is 0 Å². The van der Waals surface area contributed by atoms with Crippen molar-refractivity contribution in [1.29, 1.82) is 0 Å². The first-order chi connectivity index (χ1) is 11.3. The van der Waals surface area contributed by atoms with Crippen molar-refractivity contribution in [2.75, 3.05) is 59.4 Å². The summed E-state index contributed by atoms with van der Waals surface area (Å²) in [7, 11) is 2.23. The molecule has 0 aromatic rings. The van der Waals surface area contributed by atoms with E-state index in [4.69, 9.17) is 4.99 Å². The van der Waals surface area contributed by atoms with Gasteiger partial charge >= 0.3 is 0 Å². The van der Waals surface area contributed by atoms with Gasteiger partial charge in [-0.1, -0.05) is 6.42 Å². The van der Waals surface area contributed by atoms with Crippen molar-refractivity contribution in [3.8, 4) is 0 Å². The Balaban J connectivity index is 0.00000288. The van der Waals surface area contributed by atoms with E-state index in [-0.39, 0.29) is 24.0 Å². The van der Waals surface area contributed by atoms with Gasteiger partial charge in [-0.3, -0.25) is 4.99 Å². The van der Waals surface area contributed by atoms with Crippen molar-refractivity contribution >= 4 is 29.9 Å². The van der Waals surface area contributed by atoms with Crippen molar-refractivity contribution in [2.45, 2.75) is 45.4 Å². The second-order valence-corrected chi connectivity index (χ2v) is 7.13. The lowest BCUT2D eigenvalue weighted by Crippen LogP contribution is -2.42. The van der Waals surface area contributed by atoms with Gasteiger partial charge in [0.1, 0.15) is 0 Å². The minimum atomic E-state index is 0. The van der Waals surface area contributed by atoms with E-state index in [0.717, 1.165) is 38.1 Å². The zero-order chi connectivity index (χ0) is 16.3. The van der Waals surface area contributed by atoms with E-state index in [2.05, 4.69) is 34.4 Å². The van der Waals surface area contributed by atoms with Crippen LogP contribution in [-0.2, 0) is 0 Å². The predicted octanol–water partition coefficient (Wildman–Crippen LogP) is 2.38. The molecule has 2 aliphatic heterocycles. The third-order valence-corrected chi connectivity index (χ3v) is 5.16. The molecule has 0 saturated carbocycles. The minimum absolute atomic E-state index is 0. The van der Waals surface area contributed by atoms with Crippen LogP contribution in [0.25, 0.3) is 0 Å². The summed E-state index contributed by atoms with van der Waals surface area (Å²) >= 11 is 0. The highest BCUT2D eigenvalue weighted by atomic mass is 127. The molecule has 2 rings (SSSR count). The molecule has 0 bridgehead atoms. The van der Waals surface area contributed by atoms with E-state index >= 15 is 0 Å². The highest BCUT2D eigenvalue weighted by Crippen LogP contribution is 2.19. The highest BCUT2D eigenvalue weighted by molar-refractivity contribution is 14.0. The molecule has 0 aromatic carbocycles. The summed E-state index contributed by atoms with van der Waals surface area (Å²) in [5.41, 5.74) is 0. The monoisotopic (exact) mass is 451 g/mol. The Kier molecular flexibility index (Phi) is 12.0. The lowest BCUT2D eigenvalue weighted by atomic mass is 9.94. The Hall–Kier alpha value is -0.0800. The maximum atomic E-state index is 4.77. The van der Waals surface area contributed by atoms with Gasteiger partial charge in [0.2, 0.25) is 0 Å². The Morgan fingerprint density at radius 2 is 1.75 bits per heavy atom. The molecule has 0 amide bonds. The molecule has 142 valence electrons. The summed E-state index contributed by atoms with van der Waals surface area (Å²) in [6.07, 6.45) is 8.05. The third kappa shape index (κ3) is 8.85. The number of halogens is 1. The van der Waals surface area contributed by atoms with Gasteiger partial charge in [0.25, 0.3) is 0 Å². The Morgan fingerprint density at radius 3 is 2.42 bits per heavy atom. The zero-order valence-electron chi connectivity index (χ0n) is 15.7. The number of piperidine rings is 2. The third-order valence-electron chi connectivity index (χ3n) is 5.16. The number of aliphatic imine (C=N–C) groups is 1. The summed E-state index contributed by atoms with van der Waals surface area (Å²) in [6, 6.07) is 0. The van der Waals surface area contributed by atoms with E-state index in [9.17, 15) is 0 Å². The molecule has 2 saturated heterocycles. The molecular weight excluding hydrogens is 413 g/mol. The van der Waals surface area contributed by atoms with E-state index < -0.39 is 0 Å². The van der Waals surface area contributed by atoms with Crippen molar-refractivity contribution in [3.05, 3.63) is 0 Å². The highest BCUT2D eigenvalue weighted by Gasteiger charge is 2.16. The van der Waals surface area contributed by atoms with Crippen LogP contribution in [0.2, 0.25) is 0 Å². The van der Waals surface area contributed by atoms with Gasteiger partial charge in [-0.2, -0.15) is 0 Å². The van der Waals surface area contributed by atoms with Crippen LogP contribution in [0.3, 0.4) is 0 Å². The normalized spacial score (nSPS) is 21.3. The SMILES string of the molecule is CCNC(=NCCC1CCN(C)CC1)NCCN1CCCCC1.I. The number of hydrogen-bond acceptors (Lipinski definition) is 3. The number of hydrogen-bond donors (Lipinski definition) is 2. The van der Waals surface area contributed by atoms with Crippen LogP contribution in [0.5, 0.6) is 0 Å². The fourth-order valence-corrected chi connectivity index (χ4v) is 3.57. The van der Waals surface area contributed by atoms with Gasteiger partial charge in [-0.25, -0.2) is 0 Å². The van der Waals surface area contributed by atoms with Crippen LogP contribution in [0, 0.1) is 5.92 Å². The second kappa shape index (κ2) is 13.2. The van der Waals surface area contributed by atoms with Gasteiger partial charge in [0.05, 0.1) is 0 Å². The van der Waals surface area contributed by atoms with E-state index in [1.165, 1.54) is 64.7 Å². The van der Waals surface area contributed by atoms with E-state index in [1.807, 2.05) is 0 Å². The fourth-order valence-electron chi connectivity index (χ4n) is 3.57. The topological polar surface area (TPSA) is 42.9 Å². The molecule has 0 unspecified atom stereocenters. The first-order valence-electron chi connectivity index (χ1n) is 9.71. The molecule has 2 N–H and O–H groups in total. The lowest BCUT2D eigenvalue weighted by Gasteiger charge is -2.28. The molecule has 0 spiro atoms. The summed E-state index contributed by atoms with van der Waals surface area (Å²) in [6.45, 7) is 11.2. The Morgan fingerprint density at radius 1 is 1.04 bits per heavy atom. The molecule has 2 heterocycles. The van der Waals surface area contributed by atoms with Gasteiger partial charge in [0, 0.05) is 26.2 Å². The fraction of sp³-hybridized carbons (Fsp3) is 0.944. The Bertz CT molecular complexity index is 336. The number of rotatable bonds is 7. The van der Waals surface area contributed by atoms with Crippen molar-refractivity contribution in [2.24, 2.45) is 10.9 Å². The van der Waals surface area contributed by atoms with Gasteiger partial charge in [-0.15, -0.1) is 24.0 Å². The van der Waals surface area contributed by atoms with Crippen LogP contribution in [0.15, 0.2) is 4.99 Å². The molecular formula is C18H38IN5. The quantitative estimate of drug-likeness (QED) is 0.355. The molecule has 0 aromatic heterocycles. The van der Waals surface area contributed by atoms with Crippen molar-refractivity contribution < 1.29 is 0 Å².